The van der Waals surface area contributed by atoms with Gasteiger partial charge in [0.05, 0.1) is 11.3 Å². The second kappa shape index (κ2) is 4.69. The molecular formula is C12H9N3O3S. The monoisotopic (exact) mass is 275 g/mol. The first-order valence-corrected chi connectivity index (χ1v) is 6.38. The minimum Gasteiger partial charge on any atom is -0.481 e. The molecule has 0 spiro atoms. The number of carbonyl (C=O) groups excluding carboxylic acids is 2. The van der Waals surface area contributed by atoms with Crippen LogP contribution >= 0.6 is 11.3 Å². The van der Waals surface area contributed by atoms with Crippen LogP contribution in [-0.2, 0) is 4.79 Å². The highest BCUT2D eigenvalue weighted by Crippen LogP contribution is 2.32. The number of carbonyl (C=O) groups is 2. The van der Waals surface area contributed by atoms with Gasteiger partial charge in [0.1, 0.15) is 0 Å². The zero-order valence-corrected chi connectivity index (χ0v) is 10.5. The topological polar surface area (TPSA) is 80.3 Å². The summed E-state index contributed by atoms with van der Waals surface area (Å²) in [6.45, 7) is -0.0887. The normalized spacial score (nSPS) is 13.2. The van der Waals surface area contributed by atoms with Gasteiger partial charge in [-0.3, -0.25) is 14.9 Å². The van der Waals surface area contributed by atoms with Gasteiger partial charge in [-0.15, -0.1) is 11.3 Å². The first kappa shape index (κ1) is 11.7. The van der Waals surface area contributed by atoms with E-state index in [4.69, 9.17) is 4.74 Å². The van der Waals surface area contributed by atoms with Crippen LogP contribution in [0, 0.1) is 0 Å². The van der Waals surface area contributed by atoms with Gasteiger partial charge < -0.3 is 10.1 Å². The fourth-order valence-corrected chi connectivity index (χ4v) is 2.27. The van der Waals surface area contributed by atoms with E-state index in [-0.39, 0.29) is 18.4 Å². The zero-order chi connectivity index (χ0) is 13.2. The second-order valence-corrected chi connectivity index (χ2v) is 4.71. The van der Waals surface area contributed by atoms with E-state index in [0.29, 0.717) is 22.1 Å². The molecule has 0 fully saturated rings. The quantitative estimate of drug-likeness (QED) is 0.874. The molecule has 0 saturated carbocycles. The first-order chi connectivity index (χ1) is 9.24. The second-order valence-electron chi connectivity index (χ2n) is 3.81. The molecular weight excluding hydrogens is 266 g/mol. The molecule has 3 rings (SSSR count). The van der Waals surface area contributed by atoms with Crippen LogP contribution in [0.25, 0.3) is 0 Å². The van der Waals surface area contributed by atoms with Gasteiger partial charge in [-0.2, -0.15) is 0 Å². The molecule has 1 aromatic heterocycles. The van der Waals surface area contributed by atoms with Crippen molar-refractivity contribution in [3.8, 4) is 5.75 Å². The Labute approximate surface area is 112 Å². The van der Waals surface area contributed by atoms with Crippen molar-refractivity contribution >= 4 is 34.0 Å². The number of amides is 2. The highest BCUT2D eigenvalue weighted by Gasteiger charge is 2.22. The summed E-state index contributed by atoms with van der Waals surface area (Å²) in [4.78, 5) is 27.3. The first-order valence-electron chi connectivity index (χ1n) is 5.50. The van der Waals surface area contributed by atoms with Crippen molar-refractivity contribution in [1.29, 1.82) is 0 Å². The van der Waals surface area contributed by atoms with Crippen LogP contribution in [0.1, 0.15) is 10.4 Å². The molecule has 19 heavy (non-hydrogen) atoms. The summed E-state index contributed by atoms with van der Waals surface area (Å²) in [6, 6.07) is 5.01. The van der Waals surface area contributed by atoms with Gasteiger partial charge in [0.15, 0.2) is 17.5 Å². The number of thiazole rings is 1. The Morgan fingerprint density at radius 2 is 2.37 bits per heavy atom. The Morgan fingerprint density at radius 1 is 1.47 bits per heavy atom. The predicted octanol–water partition coefficient (Wildman–Crippen LogP) is 1.73. The minimum absolute atomic E-state index is 0.0887. The molecule has 0 saturated heterocycles. The summed E-state index contributed by atoms with van der Waals surface area (Å²) in [5.74, 6) is -0.163. The fraction of sp³-hybridized carbons (Fsp3) is 0.0833. The molecule has 2 aromatic rings. The van der Waals surface area contributed by atoms with Crippen LogP contribution in [0.15, 0.2) is 29.8 Å². The summed E-state index contributed by atoms with van der Waals surface area (Å²) in [5.41, 5.74) is 0.871. The number of para-hydroxylation sites is 1. The third-order valence-corrected chi connectivity index (χ3v) is 3.22. The summed E-state index contributed by atoms with van der Waals surface area (Å²) < 4.78 is 5.32. The van der Waals surface area contributed by atoms with Crippen LogP contribution in [0.3, 0.4) is 0 Å². The van der Waals surface area contributed by atoms with E-state index in [2.05, 4.69) is 15.6 Å². The maximum atomic E-state index is 12.1. The van der Waals surface area contributed by atoms with Crippen LogP contribution in [0.5, 0.6) is 5.75 Å². The van der Waals surface area contributed by atoms with E-state index in [1.807, 2.05) is 0 Å². The lowest BCUT2D eigenvalue weighted by Gasteiger charge is -2.19. The van der Waals surface area contributed by atoms with Gasteiger partial charge >= 0.3 is 0 Å². The molecule has 2 N–H and O–H groups in total. The Bertz CT molecular complexity index is 640. The Morgan fingerprint density at radius 3 is 3.16 bits per heavy atom. The highest BCUT2D eigenvalue weighted by molar-refractivity contribution is 7.13. The Kier molecular flexibility index (Phi) is 2.88. The molecule has 2 amide bonds. The highest BCUT2D eigenvalue weighted by atomic mass is 32.1. The van der Waals surface area contributed by atoms with E-state index in [1.165, 1.54) is 11.3 Å². The Hall–Kier alpha value is -2.41. The van der Waals surface area contributed by atoms with Gasteiger partial charge in [0.2, 0.25) is 0 Å². The van der Waals surface area contributed by atoms with Crippen molar-refractivity contribution in [2.45, 2.75) is 0 Å². The largest absolute Gasteiger partial charge is 0.481 e. The molecule has 6 nitrogen and oxygen atoms in total. The molecule has 0 aliphatic carbocycles. The van der Waals surface area contributed by atoms with Gasteiger partial charge in [0, 0.05) is 11.6 Å². The summed E-state index contributed by atoms with van der Waals surface area (Å²) in [5, 5.41) is 7.62. The van der Waals surface area contributed by atoms with Crippen LogP contribution in [0.4, 0.5) is 10.8 Å². The molecule has 1 aromatic carbocycles. The third-order valence-electron chi connectivity index (χ3n) is 2.53. The zero-order valence-electron chi connectivity index (χ0n) is 9.67. The van der Waals surface area contributed by atoms with Crippen LogP contribution < -0.4 is 15.4 Å². The SMILES string of the molecule is O=C1COc2c(cccc2C(=O)Nc2nccs2)N1. The van der Waals surface area contributed by atoms with Crippen molar-refractivity contribution in [3.63, 3.8) is 0 Å². The lowest BCUT2D eigenvalue weighted by Crippen LogP contribution is -2.27. The lowest BCUT2D eigenvalue weighted by molar-refractivity contribution is -0.118. The average molecular weight is 275 g/mol. The van der Waals surface area contributed by atoms with Crippen molar-refractivity contribution in [3.05, 3.63) is 35.3 Å². The Balaban J connectivity index is 1.91. The predicted molar refractivity (Wildman–Crippen MR) is 70.6 cm³/mol. The molecule has 0 radical (unpaired) electrons. The van der Waals surface area contributed by atoms with E-state index in [9.17, 15) is 9.59 Å². The van der Waals surface area contributed by atoms with Crippen molar-refractivity contribution in [2.24, 2.45) is 0 Å². The number of aromatic nitrogens is 1. The molecule has 0 unspecified atom stereocenters. The van der Waals surface area contributed by atoms with E-state index in [1.54, 1.807) is 29.8 Å². The minimum atomic E-state index is -0.317. The maximum Gasteiger partial charge on any atom is 0.262 e. The molecule has 1 aliphatic heterocycles. The number of benzene rings is 1. The smallest absolute Gasteiger partial charge is 0.262 e. The third kappa shape index (κ3) is 2.27. The number of hydrogen-bond donors (Lipinski definition) is 2. The summed E-state index contributed by atoms with van der Waals surface area (Å²) >= 11 is 1.33. The number of nitrogens with one attached hydrogen (secondary N) is 2. The standard InChI is InChI=1S/C12H9N3O3S/c16-9-6-18-10-7(2-1-3-8(10)14-9)11(17)15-12-13-4-5-19-12/h1-5H,6H2,(H,14,16)(H,13,15,17). The molecule has 1 aliphatic rings. The number of nitrogens with zero attached hydrogens (tertiary/aromatic N) is 1. The van der Waals surface area contributed by atoms with E-state index >= 15 is 0 Å². The number of ether oxygens (including phenoxy) is 1. The van der Waals surface area contributed by atoms with Crippen LogP contribution in [-0.4, -0.2) is 23.4 Å². The number of fused-ring (bicyclic) bond motifs is 1. The van der Waals surface area contributed by atoms with Crippen molar-refractivity contribution in [1.82, 2.24) is 4.98 Å². The van der Waals surface area contributed by atoms with Crippen molar-refractivity contribution < 1.29 is 14.3 Å². The summed E-state index contributed by atoms with van der Waals surface area (Å²) in [7, 11) is 0. The van der Waals surface area contributed by atoms with Gasteiger partial charge in [-0.25, -0.2) is 4.98 Å². The molecule has 7 heteroatoms. The van der Waals surface area contributed by atoms with E-state index < -0.39 is 0 Å². The molecule has 2 heterocycles. The average Bonchev–Trinajstić information content (AvgIpc) is 2.90. The summed E-state index contributed by atoms with van der Waals surface area (Å²) in [6.07, 6.45) is 1.61. The van der Waals surface area contributed by atoms with Gasteiger partial charge in [-0.1, -0.05) is 6.07 Å². The molecule has 96 valence electrons. The fourth-order valence-electron chi connectivity index (χ4n) is 1.74. The van der Waals surface area contributed by atoms with E-state index in [0.717, 1.165) is 0 Å². The van der Waals surface area contributed by atoms with Gasteiger partial charge in [-0.05, 0) is 12.1 Å². The maximum absolute atomic E-state index is 12.1. The number of rotatable bonds is 2. The number of hydrogen-bond acceptors (Lipinski definition) is 5. The molecule has 0 bridgehead atoms. The van der Waals surface area contributed by atoms with Crippen molar-refractivity contribution in [2.75, 3.05) is 17.2 Å². The van der Waals surface area contributed by atoms with Gasteiger partial charge in [0.25, 0.3) is 11.8 Å². The lowest BCUT2D eigenvalue weighted by atomic mass is 10.1. The van der Waals surface area contributed by atoms with Crippen LogP contribution in [0.2, 0.25) is 0 Å². The number of anilines is 2. The molecule has 0 atom stereocenters.